The maximum absolute atomic E-state index is 12.0. The standard InChI is InChI=1S/C16H25NO2S/c1-2-3-13-20(18,19)17-14-16(11-7-8-12-16)15-9-5-4-6-10-15/h4-6,9-10,17H,2-3,7-8,11-14H2,1H3. The average Bonchev–Trinajstić information content (AvgIpc) is 2.94. The van der Waals surface area contributed by atoms with Crippen LogP contribution in [0.5, 0.6) is 0 Å². The number of hydrogen-bond acceptors (Lipinski definition) is 2. The second kappa shape index (κ2) is 6.72. The van der Waals surface area contributed by atoms with Crippen LogP contribution in [0.2, 0.25) is 0 Å². The van der Waals surface area contributed by atoms with Crippen molar-refractivity contribution >= 4 is 10.0 Å². The van der Waals surface area contributed by atoms with Crippen LogP contribution in [0.15, 0.2) is 30.3 Å². The molecule has 0 unspecified atom stereocenters. The Kier molecular flexibility index (Phi) is 5.22. The van der Waals surface area contributed by atoms with Gasteiger partial charge in [0, 0.05) is 12.0 Å². The Morgan fingerprint density at radius 2 is 1.80 bits per heavy atom. The lowest BCUT2D eigenvalue weighted by Gasteiger charge is -2.30. The van der Waals surface area contributed by atoms with Crippen LogP contribution >= 0.6 is 0 Å². The summed E-state index contributed by atoms with van der Waals surface area (Å²) in [7, 11) is -3.13. The Balaban J connectivity index is 2.08. The lowest BCUT2D eigenvalue weighted by Crippen LogP contribution is -2.39. The van der Waals surface area contributed by atoms with E-state index in [4.69, 9.17) is 0 Å². The van der Waals surface area contributed by atoms with Gasteiger partial charge in [-0.2, -0.15) is 0 Å². The van der Waals surface area contributed by atoms with E-state index in [0.717, 1.165) is 25.7 Å². The molecule has 0 saturated heterocycles. The van der Waals surface area contributed by atoms with E-state index in [0.29, 0.717) is 6.54 Å². The smallest absolute Gasteiger partial charge is 0.211 e. The highest BCUT2D eigenvalue weighted by molar-refractivity contribution is 7.89. The van der Waals surface area contributed by atoms with Crippen LogP contribution in [0.4, 0.5) is 0 Å². The van der Waals surface area contributed by atoms with E-state index < -0.39 is 10.0 Å². The number of nitrogens with one attached hydrogen (secondary N) is 1. The second-order valence-corrected chi connectivity index (χ2v) is 7.77. The van der Waals surface area contributed by atoms with E-state index in [-0.39, 0.29) is 11.2 Å². The van der Waals surface area contributed by atoms with Gasteiger partial charge in [0.05, 0.1) is 5.75 Å². The van der Waals surface area contributed by atoms with Crippen LogP contribution in [0.1, 0.15) is 51.0 Å². The lowest BCUT2D eigenvalue weighted by molar-refractivity contribution is 0.432. The van der Waals surface area contributed by atoms with Gasteiger partial charge in [-0.25, -0.2) is 13.1 Å². The van der Waals surface area contributed by atoms with Crippen LogP contribution in [-0.4, -0.2) is 20.7 Å². The minimum absolute atomic E-state index is 0.000540. The van der Waals surface area contributed by atoms with E-state index in [2.05, 4.69) is 16.9 Å². The molecule has 4 heteroatoms. The van der Waals surface area contributed by atoms with Gasteiger partial charge in [-0.3, -0.25) is 0 Å². The molecule has 1 aromatic carbocycles. The Hall–Kier alpha value is -0.870. The Morgan fingerprint density at radius 3 is 2.40 bits per heavy atom. The van der Waals surface area contributed by atoms with Gasteiger partial charge < -0.3 is 0 Å². The Morgan fingerprint density at radius 1 is 1.15 bits per heavy atom. The third-order valence-corrected chi connectivity index (χ3v) is 5.75. The van der Waals surface area contributed by atoms with Gasteiger partial charge in [-0.1, -0.05) is 56.5 Å². The van der Waals surface area contributed by atoms with Gasteiger partial charge in [0.15, 0.2) is 0 Å². The predicted octanol–water partition coefficient (Wildman–Crippen LogP) is 3.22. The molecule has 20 heavy (non-hydrogen) atoms. The number of rotatable bonds is 7. The minimum atomic E-state index is -3.13. The first kappa shape index (κ1) is 15.5. The number of benzene rings is 1. The molecule has 0 atom stereocenters. The summed E-state index contributed by atoms with van der Waals surface area (Å²) in [5.74, 6) is 0.244. The normalized spacial score (nSPS) is 18.2. The molecule has 1 saturated carbocycles. The molecule has 1 aliphatic carbocycles. The molecule has 0 spiro atoms. The van der Waals surface area contributed by atoms with Gasteiger partial charge in [-0.05, 0) is 24.8 Å². The molecule has 3 nitrogen and oxygen atoms in total. The molecule has 2 rings (SSSR count). The molecule has 1 N–H and O–H groups in total. The Labute approximate surface area is 122 Å². The summed E-state index contributed by atoms with van der Waals surface area (Å²) >= 11 is 0. The molecule has 112 valence electrons. The van der Waals surface area contributed by atoms with Crippen molar-refractivity contribution in [2.45, 2.75) is 50.9 Å². The maximum atomic E-state index is 12.0. The summed E-state index contributed by atoms with van der Waals surface area (Å²) in [6.07, 6.45) is 6.16. The Bertz CT molecular complexity index is 505. The summed E-state index contributed by atoms with van der Waals surface area (Å²) < 4.78 is 26.9. The van der Waals surface area contributed by atoms with Crippen molar-refractivity contribution in [1.82, 2.24) is 4.72 Å². The van der Waals surface area contributed by atoms with E-state index >= 15 is 0 Å². The summed E-state index contributed by atoms with van der Waals surface area (Å²) in [5, 5.41) is 0. The third kappa shape index (κ3) is 3.83. The van der Waals surface area contributed by atoms with Gasteiger partial charge in [0.1, 0.15) is 0 Å². The summed E-state index contributed by atoms with van der Waals surface area (Å²) in [5.41, 5.74) is 1.27. The summed E-state index contributed by atoms with van der Waals surface area (Å²) in [6.45, 7) is 2.56. The zero-order valence-electron chi connectivity index (χ0n) is 12.3. The molecule has 0 aromatic heterocycles. The minimum Gasteiger partial charge on any atom is -0.214 e. The van der Waals surface area contributed by atoms with Gasteiger partial charge in [0.2, 0.25) is 10.0 Å². The zero-order chi connectivity index (χ0) is 14.5. The fraction of sp³-hybridized carbons (Fsp3) is 0.625. The zero-order valence-corrected chi connectivity index (χ0v) is 13.1. The van der Waals surface area contributed by atoms with Crippen LogP contribution < -0.4 is 4.72 Å². The van der Waals surface area contributed by atoms with Crippen molar-refractivity contribution in [1.29, 1.82) is 0 Å². The van der Waals surface area contributed by atoms with Crippen molar-refractivity contribution in [3.05, 3.63) is 35.9 Å². The first-order valence-corrected chi connectivity index (χ1v) is 9.26. The predicted molar refractivity (Wildman–Crippen MR) is 83.3 cm³/mol. The largest absolute Gasteiger partial charge is 0.214 e. The van der Waals surface area contributed by atoms with Crippen molar-refractivity contribution < 1.29 is 8.42 Å². The van der Waals surface area contributed by atoms with Crippen molar-refractivity contribution in [3.8, 4) is 0 Å². The van der Waals surface area contributed by atoms with E-state index in [9.17, 15) is 8.42 Å². The lowest BCUT2D eigenvalue weighted by atomic mass is 9.79. The molecule has 0 amide bonds. The van der Waals surface area contributed by atoms with Crippen LogP contribution in [0.25, 0.3) is 0 Å². The monoisotopic (exact) mass is 295 g/mol. The fourth-order valence-electron chi connectivity index (χ4n) is 3.07. The van der Waals surface area contributed by atoms with E-state index in [1.165, 1.54) is 18.4 Å². The van der Waals surface area contributed by atoms with Crippen LogP contribution in [0, 0.1) is 0 Å². The van der Waals surface area contributed by atoms with Crippen LogP contribution in [0.3, 0.4) is 0 Å². The molecule has 1 aliphatic rings. The highest BCUT2D eigenvalue weighted by atomic mass is 32.2. The number of hydrogen-bond donors (Lipinski definition) is 1. The van der Waals surface area contributed by atoms with E-state index in [1.54, 1.807) is 0 Å². The van der Waals surface area contributed by atoms with Crippen molar-refractivity contribution in [3.63, 3.8) is 0 Å². The molecule has 1 aromatic rings. The average molecular weight is 295 g/mol. The van der Waals surface area contributed by atoms with Gasteiger partial charge in [-0.15, -0.1) is 0 Å². The highest BCUT2D eigenvalue weighted by Gasteiger charge is 2.36. The number of unbranched alkanes of at least 4 members (excludes halogenated alkanes) is 1. The summed E-state index contributed by atoms with van der Waals surface area (Å²) in [4.78, 5) is 0. The highest BCUT2D eigenvalue weighted by Crippen LogP contribution is 2.40. The SMILES string of the molecule is CCCCS(=O)(=O)NCC1(c2ccccc2)CCCC1. The first-order chi connectivity index (χ1) is 9.58. The molecular weight excluding hydrogens is 270 g/mol. The van der Waals surface area contributed by atoms with Gasteiger partial charge in [0.25, 0.3) is 0 Å². The number of sulfonamides is 1. The van der Waals surface area contributed by atoms with Gasteiger partial charge >= 0.3 is 0 Å². The fourth-order valence-corrected chi connectivity index (χ4v) is 4.37. The molecule has 0 bridgehead atoms. The summed E-state index contributed by atoms with van der Waals surface area (Å²) in [6, 6.07) is 10.4. The first-order valence-electron chi connectivity index (χ1n) is 7.61. The van der Waals surface area contributed by atoms with E-state index in [1.807, 2.05) is 25.1 Å². The van der Waals surface area contributed by atoms with Crippen molar-refractivity contribution in [2.75, 3.05) is 12.3 Å². The van der Waals surface area contributed by atoms with Crippen LogP contribution in [-0.2, 0) is 15.4 Å². The third-order valence-electron chi connectivity index (χ3n) is 4.34. The second-order valence-electron chi connectivity index (χ2n) is 5.85. The topological polar surface area (TPSA) is 46.2 Å². The van der Waals surface area contributed by atoms with Crippen molar-refractivity contribution in [2.24, 2.45) is 0 Å². The molecule has 1 fully saturated rings. The molecule has 0 aliphatic heterocycles. The maximum Gasteiger partial charge on any atom is 0.211 e. The molecule has 0 radical (unpaired) electrons. The molecular formula is C16H25NO2S. The molecule has 0 heterocycles. The quantitative estimate of drug-likeness (QED) is 0.839.